The maximum atomic E-state index is 12.5. The topological polar surface area (TPSA) is 17.8 Å². The molecule has 1 aromatic rings. The molecule has 2 unspecified atom stereocenters. The van der Waals surface area contributed by atoms with Crippen molar-refractivity contribution in [2.75, 3.05) is 0 Å². The number of hydrogen-bond acceptors (Lipinski definition) is 1. The van der Waals surface area contributed by atoms with Crippen LogP contribution in [0.25, 0.3) is 0 Å². The van der Waals surface area contributed by atoms with Crippen LogP contribution in [0.5, 0.6) is 0 Å². The molecule has 3 rings (SSSR count). The fourth-order valence-electron chi connectivity index (χ4n) is 2.52. The van der Waals surface area contributed by atoms with E-state index in [-0.39, 0.29) is 5.69 Å². The molecule has 2 aliphatic carbocycles. The van der Waals surface area contributed by atoms with Crippen molar-refractivity contribution in [1.82, 2.24) is 9.78 Å². The van der Waals surface area contributed by atoms with Crippen LogP contribution < -0.4 is 0 Å². The van der Waals surface area contributed by atoms with E-state index < -0.39 is 6.43 Å². The van der Waals surface area contributed by atoms with Gasteiger partial charge in [-0.2, -0.15) is 5.10 Å². The van der Waals surface area contributed by atoms with Gasteiger partial charge < -0.3 is 0 Å². The minimum atomic E-state index is -2.41. The third kappa shape index (κ3) is 0.833. The predicted octanol–water partition coefficient (Wildman–Crippen LogP) is 2.02. The van der Waals surface area contributed by atoms with E-state index in [9.17, 15) is 8.78 Å². The molecule has 0 spiro atoms. The number of aryl methyl sites for hydroxylation is 1. The van der Waals surface area contributed by atoms with Gasteiger partial charge in [0.05, 0.1) is 0 Å². The van der Waals surface area contributed by atoms with Crippen molar-refractivity contribution in [3.05, 3.63) is 17.0 Å². The lowest BCUT2D eigenvalue weighted by Gasteiger charge is -1.97. The molecule has 13 heavy (non-hydrogen) atoms. The van der Waals surface area contributed by atoms with Crippen molar-refractivity contribution in [3.8, 4) is 0 Å². The van der Waals surface area contributed by atoms with Gasteiger partial charge in [0.15, 0.2) is 0 Å². The minimum absolute atomic E-state index is 0.0182. The Morgan fingerprint density at radius 2 is 2.31 bits per heavy atom. The molecule has 0 amide bonds. The van der Waals surface area contributed by atoms with Gasteiger partial charge >= 0.3 is 0 Å². The van der Waals surface area contributed by atoms with Crippen LogP contribution in [0.4, 0.5) is 8.78 Å². The maximum absolute atomic E-state index is 12.5. The first-order valence-electron chi connectivity index (χ1n) is 4.52. The number of hydrogen-bond donors (Lipinski definition) is 0. The molecular weight excluding hydrogens is 174 g/mol. The Morgan fingerprint density at radius 1 is 1.54 bits per heavy atom. The lowest BCUT2D eigenvalue weighted by atomic mass is 10.1. The molecule has 1 saturated carbocycles. The molecule has 1 heterocycles. The summed E-state index contributed by atoms with van der Waals surface area (Å²) in [7, 11) is 1.77. The molecule has 0 N–H and O–H groups in total. The van der Waals surface area contributed by atoms with Crippen LogP contribution in [-0.4, -0.2) is 9.78 Å². The molecule has 4 heteroatoms. The van der Waals surface area contributed by atoms with Gasteiger partial charge in [-0.3, -0.25) is 4.68 Å². The van der Waals surface area contributed by atoms with Crippen molar-refractivity contribution >= 4 is 0 Å². The molecule has 0 saturated heterocycles. The number of halogens is 2. The zero-order valence-electron chi connectivity index (χ0n) is 7.30. The van der Waals surface area contributed by atoms with Gasteiger partial charge in [-0.25, -0.2) is 8.78 Å². The van der Waals surface area contributed by atoms with Crippen LogP contribution in [0.1, 0.15) is 35.7 Å². The predicted molar refractivity (Wildman–Crippen MR) is 42.7 cm³/mol. The van der Waals surface area contributed by atoms with E-state index in [0.717, 1.165) is 17.7 Å². The molecule has 2 nitrogen and oxygen atoms in total. The molecule has 1 fully saturated rings. The lowest BCUT2D eigenvalue weighted by Crippen LogP contribution is -1.96. The van der Waals surface area contributed by atoms with Crippen LogP contribution in [-0.2, 0) is 13.5 Å². The van der Waals surface area contributed by atoms with Crippen molar-refractivity contribution in [2.45, 2.75) is 25.2 Å². The number of aromatic nitrogens is 2. The second-order valence-corrected chi connectivity index (χ2v) is 3.98. The first kappa shape index (κ1) is 7.47. The van der Waals surface area contributed by atoms with Crippen LogP contribution in [0, 0.1) is 5.92 Å². The van der Waals surface area contributed by atoms with Crippen molar-refractivity contribution in [2.24, 2.45) is 13.0 Å². The Bertz CT molecular complexity index is 370. The van der Waals surface area contributed by atoms with E-state index in [4.69, 9.17) is 0 Å². The van der Waals surface area contributed by atoms with E-state index in [1.165, 1.54) is 6.42 Å². The molecule has 0 aliphatic heterocycles. The quantitative estimate of drug-likeness (QED) is 0.652. The average Bonchev–Trinajstić information content (AvgIpc) is 2.57. The van der Waals surface area contributed by atoms with Gasteiger partial charge in [0, 0.05) is 24.2 Å². The summed E-state index contributed by atoms with van der Waals surface area (Å²) in [6, 6.07) is 0. The highest BCUT2D eigenvalue weighted by molar-refractivity contribution is 5.40. The smallest absolute Gasteiger partial charge is 0.272 e. The lowest BCUT2D eigenvalue weighted by molar-refractivity contribution is 0.144. The Kier molecular flexibility index (Phi) is 1.21. The molecule has 2 atom stereocenters. The monoisotopic (exact) mass is 184 g/mol. The number of rotatable bonds is 1. The van der Waals surface area contributed by atoms with Gasteiger partial charge in [0.2, 0.25) is 0 Å². The van der Waals surface area contributed by atoms with E-state index in [2.05, 4.69) is 5.10 Å². The third-order valence-electron chi connectivity index (χ3n) is 3.17. The highest BCUT2D eigenvalue weighted by Crippen LogP contribution is 2.57. The Morgan fingerprint density at radius 3 is 3.00 bits per heavy atom. The first-order chi connectivity index (χ1) is 6.18. The van der Waals surface area contributed by atoms with Gasteiger partial charge in [0.1, 0.15) is 5.69 Å². The molecule has 2 aliphatic rings. The summed E-state index contributed by atoms with van der Waals surface area (Å²) in [5.41, 5.74) is 1.92. The normalized spacial score (nSPS) is 29.2. The molecule has 0 bridgehead atoms. The number of alkyl halides is 2. The Hall–Kier alpha value is -0.930. The Labute approximate surface area is 74.5 Å². The summed E-state index contributed by atoms with van der Waals surface area (Å²) < 4.78 is 26.7. The SMILES string of the molecule is Cn1nc(C(F)F)c2c1C1CC1C2. The second-order valence-electron chi connectivity index (χ2n) is 3.98. The van der Waals surface area contributed by atoms with Gasteiger partial charge in [-0.05, 0) is 18.8 Å². The summed E-state index contributed by atoms with van der Waals surface area (Å²) in [5, 5.41) is 3.88. The van der Waals surface area contributed by atoms with Crippen LogP contribution in [0.3, 0.4) is 0 Å². The summed E-state index contributed by atoms with van der Waals surface area (Å²) in [5.74, 6) is 1.19. The van der Waals surface area contributed by atoms with Gasteiger partial charge in [0.25, 0.3) is 6.43 Å². The van der Waals surface area contributed by atoms with E-state index in [1.807, 2.05) is 0 Å². The zero-order chi connectivity index (χ0) is 9.16. The zero-order valence-corrected chi connectivity index (χ0v) is 7.30. The summed E-state index contributed by atoms with van der Waals surface area (Å²) in [6.45, 7) is 0. The van der Waals surface area contributed by atoms with Crippen molar-refractivity contribution in [3.63, 3.8) is 0 Å². The van der Waals surface area contributed by atoms with Crippen LogP contribution in [0.15, 0.2) is 0 Å². The second kappa shape index (κ2) is 2.11. The van der Waals surface area contributed by atoms with Gasteiger partial charge in [-0.1, -0.05) is 0 Å². The van der Waals surface area contributed by atoms with Crippen LogP contribution in [0.2, 0.25) is 0 Å². The van der Waals surface area contributed by atoms with Crippen molar-refractivity contribution < 1.29 is 8.78 Å². The van der Waals surface area contributed by atoms with E-state index in [1.54, 1.807) is 11.7 Å². The van der Waals surface area contributed by atoms with E-state index >= 15 is 0 Å². The third-order valence-corrected chi connectivity index (χ3v) is 3.17. The molecule has 70 valence electrons. The van der Waals surface area contributed by atoms with Crippen LogP contribution >= 0.6 is 0 Å². The first-order valence-corrected chi connectivity index (χ1v) is 4.52. The summed E-state index contributed by atoms with van der Waals surface area (Å²) in [4.78, 5) is 0. The molecular formula is C9H10F2N2. The minimum Gasteiger partial charge on any atom is -0.272 e. The highest BCUT2D eigenvalue weighted by Gasteiger charge is 2.49. The highest BCUT2D eigenvalue weighted by atomic mass is 19.3. The average molecular weight is 184 g/mol. The maximum Gasteiger partial charge on any atom is 0.282 e. The van der Waals surface area contributed by atoms with E-state index in [0.29, 0.717) is 11.8 Å². The van der Waals surface area contributed by atoms with Crippen molar-refractivity contribution in [1.29, 1.82) is 0 Å². The summed E-state index contributed by atoms with van der Waals surface area (Å²) >= 11 is 0. The Balaban J connectivity index is 2.15. The summed E-state index contributed by atoms with van der Waals surface area (Å²) in [6.07, 6.45) is -0.407. The standard InChI is InChI=1S/C9H10F2N2/c1-13-8-5-2-4(5)3-6(8)7(12-13)9(10)11/h4-5,9H,2-3H2,1H3. The number of fused-ring (bicyclic) bond motifs is 3. The molecule has 0 aromatic carbocycles. The largest absolute Gasteiger partial charge is 0.282 e. The number of nitrogens with zero attached hydrogens (tertiary/aromatic N) is 2. The fourth-order valence-corrected chi connectivity index (χ4v) is 2.52. The molecule has 1 aromatic heterocycles. The van der Waals surface area contributed by atoms with Gasteiger partial charge in [-0.15, -0.1) is 0 Å². The fraction of sp³-hybridized carbons (Fsp3) is 0.667. The molecule has 0 radical (unpaired) electrons.